The molecule has 3 rings (SSSR count). The van der Waals surface area contributed by atoms with Crippen LogP contribution in [0.2, 0.25) is 0 Å². The highest BCUT2D eigenvalue weighted by Gasteiger charge is 2.34. The van der Waals surface area contributed by atoms with Gasteiger partial charge in [-0.3, -0.25) is 9.78 Å². The number of anilines is 1. The van der Waals surface area contributed by atoms with Gasteiger partial charge in [0.25, 0.3) is 0 Å². The highest BCUT2D eigenvalue weighted by atomic mass is 32.2. The number of pyridine rings is 1. The number of ether oxygens (including phenoxy) is 1. The number of hydrogen-bond acceptors (Lipinski definition) is 6. The number of nitrogens with two attached hydrogens (primary N) is 1. The summed E-state index contributed by atoms with van der Waals surface area (Å²) in [5, 5.41) is 2.66. The van der Waals surface area contributed by atoms with Gasteiger partial charge in [-0.1, -0.05) is 0 Å². The van der Waals surface area contributed by atoms with E-state index >= 15 is 0 Å². The van der Waals surface area contributed by atoms with Crippen LogP contribution in [0, 0.1) is 5.82 Å². The fourth-order valence-electron chi connectivity index (χ4n) is 3.75. The normalized spacial score (nSPS) is 17.3. The van der Waals surface area contributed by atoms with Gasteiger partial charge in [0.1, 0.15) is 17.2 Å². The summed E-state index contributed by atoms with van der Waals surface area (Å²) in [6, 6.07) is 7.81. The highest BCUT2D eigenvalue weighted by molar-refractivity contribution is 7.89. The maximum Gasteiger partial charge on any atom is 0.235 e. The number of sulfonamides is 1. The molecule has 174 valence electrons. The monoisotopic (exact) mass is 464 g/mol. The maximum atomic E-state index is 13.7. The van der Waals surface area contributed by atoms with Crippen LogP contribution < -0.4 is 20.5 Å². The summed E-state index contributed by atoms with van der Waals surface area (Å²) in [7, 11) is -3.68. The smallest absolute Gasteiger partial charge is 0.235 e. The first-order valence-electron chi connectivity index (χ1n) is 10.5. The Morgan fingerprint density at radius 3 is 2.81 bits per heavy atom. The van der Waals surface area contributed by atoms with E-state index in [2.05, 4.69) is 15.0 Å². The fraction of sp³-hybridized carbons (Fsp3) is 0.455. The number of nitrogen functional groups attached to an aromatic ring is 1. The molecule has 1 amide bonds. The molecule has 1 aromatic heterocycles. The van der Waals surface area contributed by atoms with Crippen LogP contribution in [-0.4, -0.2) is 43.8 Å². The topological polar surface area (TPSA) is 123 Å². The van der Waals surface area contributed by atoms with Crippen molar-refractivity contribution in [1.29, 1.82) is 0 Å². The van der Waals surface area contributed by atoms with E-state index in [-0.39, 0.29) is 24.0 Å². The van der Waals surface area contributed by atoms with Gasteiger partial charge in [0, 0.05) is 24.2 Å². The third kappa shape index (κ3) is 6.89. The Labute approximate surface area is 187 Å². The van der Waals surface area contributed by atoms with E-state index in [9.17, 15) is 17.6 Å². The molecular weight excluding hydrogens is 435 g/mol. The largest absolute Gasteiger partial charge is 0.488 e. The van der Waals surface area contributed by atoms with Crippen molar-refractivity contribution in [1.82, 2.24) is 15.0 Å². The second-order valence-electron chi connectivity index (χ2n) is 8.56. The summed E-state index contributed by atoms with van der Waals surface area (Å²) < 4.78 is 46.8. The summed E-state index contributed by atoms with van der Waals surface area (Å²) in [6.45, 7) is 3.82. The molecule has 0 bridgehead atoms. The number of aromatic nitrogens is 1. The summed E-state index contributed by atoms with van der Waals surface area (Å²) >= 11 is 0. The predicted molar refractivity (Wildman–Crippen MR) is 120 cm³/mol. The number of carbonyl (C=O) groups is 1. The second kappa shape index (κ2) is 9.83. The first-order valence-corrected chi connectivity index (χ1v) is 12.1. The van der Waals surface area contributed by atoms with Gasteiger partial charge < -0.3 is 15.8 Å². The zero-order chi connectivity index (χ0) is 23.4. The van der Waals surface area contributed by atoms with Crippen molar-refractivity contribution in [2.45, 2.75) is 44.6 Å². The average molecular weight is 465 g/mol. The Balaban J connectivity index is 1.47. The van der Waals surface area contributed by atoms with Gasteiger partial charge >= 0.3 is 0 Å². The molecule has 32 heavy (non-hydrogen) atoms. The molecule has 2 aromatic rings. The Hall–Kier alpha value is -2.72. The summed E-state index contributed by atoms with van der Waals surface area (Å²) in [6.07, 6.45) is 2.91. The third-order valence-electron chi connectivity index (χ3n) is 5.27. The van der Waals surface area contributed by atoms with Crippen molar-refractivity contribution < 1.29 is 22.3 Å². The van der Waals surface area contributed by atoms with Crippen LogP contribution >= 0.6 is 0 Å². The summed E-state index contributed by atoms with van der Waals surface area (Å²) in [4.78, 5) is 16.1. The van der Waals surface area contributed by atoms with Crippen molar-refractivity contribution >= 4 is 21.6 Å². The standard InChI is InChI=1S/C22H29FN4O4S/c1-22(2)12-15(19-11-16(23)3-6-20(19)31-22)8-10-32(29,30)27-14-21(28)25-9-7-18-5-4-17(24)13-26-18/h3-6,11,13,15,27H,7-10,12,14,24H2,1-2H3,(H,25,28). The summed E-state index contributed by atoms with van der Waals surface area (Å²) in [5.74, 6) is -0.574. The van der Waals surface area contributed by atoms with E-state index in [4.69, 9.17) is 10.5 Å². The van der Waals surface area contributed by atoms with Gasteiger partial charge in [0.15, 0.2) is 0 Å². The van der Waals surface area contributed by atoms with Gasteiger partial charge in [-0.05, 0) is 62.9 Å². The van der Waals surface area contributed by atoms with Crippen LogP contribution in [0.3, 0.4) is 0 Å². The number of carbonyl (C=O) groups excluding carboxylic acids is 1. The van der Waals surface area contributed by atoms with Gasteiger partial charge in [-0.15, -0.1) is 0 Å². The molecular formula is C22H29FN4O4S. The van der Waals surface area contributed by atoms with Crippen LogP contribution in [-0.2, 0) is 21.2 Å². The van der Waals surface area contributed by atoms with Gasteiger partial charge in [0.05, 0.1) is 24.2 Å². The predicted octanol–water partition coefficient (Wildman–Crippen LogP) is 2.12. The average Bonchev–Trinajstić information content (AvgIpc) is 2.72. The first kappa shape index (κ1) is 23.9. The molecule has 8 nitrogen and oxygen atoms in total. The van der Waals surface area contributed by atoms with Crippen LogP contribution in [0.15, 0.2) is 36.5 Å². The zero-order valence-corrected chi connectivity index (χ0v) is 19.0. The molecule has 1 atom stereocenters. The van der Waals surface area contributed by atoms with Crippen LogP contribution in [0.25, 0.3) is 0 Å². The Kier molecular flexibility index (Phi) is 7.35. The van der Waals surface area contributed by atoms with E-state index in [1.165, 1.54) is 18.3 Å². The Bertz CT molecular complexity index is 1060. The van der Waals surface area contributed by atoms with E-state index in [0.717, 1.165) is 5.69 Å². The fourth-order valence-corrected chi connectivity index (χ4v) is 4.84. The number of nitrogens with zero attached hydrogens (tertiary/aromatic N) is 1. The molecule has 0 radical (unpaired) electrons. The lowest BCUT2D eigenvalue weighted by atomic mass is 9.83. The van der Waals surface area contributed by atoms with Gasteiger partial charge in [-0.25, -0.2) is 17.5 Å². The number of rotatable bonds is 9. The molecule has 1 unspecified atom stereocenters. The minimum absolute atomic E-state index is 0.165. The van der Waals surface area contributed by atoms with Crippen molar-refractivity contribution in [3.05, 3.63) is 53.6 Å². The van der Waals surface area contributed by atoms with E-state index < -0.39 is 21.5 Å². The van der Waals surface area contributed by atoms with Gasteiger partial charge in [-0.2, -0.15) is 0 Å². The molecule has 0 fully saturated rings. The minimum atomic E-state index is -3.68. The van der Waals surface area contributed by atoms with Crippen molar-refractivity contribution in [2.24, 2.45) is 0 Å². The van der Waals surface area contributed by atoms with Crippen molar-refractivity contribution in [3.8, 4) is 5.75 Å². The van der Waals surface area contributed by atoms with E-state index in [1.807, 2.05) is 13.8 Å². The minimum Gasteiger partial charge on any atom is -0.488 e. The number of hydrogen-bond donors (Lipinski definition) is 3. The van der Waals surface area contributed by atoms with Crippen molar-refractivity contribution in [2.75, 3.05) is 24.6 Å². The molecule has 1 aliphatic rings. The van der Waals surface area contributed by atoms with Crippen LogP contribution in [0.5, 0.6) is 5.75 Å². The highest BCUT2D eigenvalue weighted by Crippen LogP contribution is 2.42. The molecule has 0 saturated carbocycles. The Morgan fingerprint density at radius 2 is 2.09 bits per heavy atom. The number of halogens is 1. The number of amides is 1. The molecule has 0 aliphatic carbocycles. The molecule has 0 spiro atoms. The lowest BCUT2D eigenvalue weighted by molar-refractivity contribution is -0.119. The van der Waals surface area contributed by atoms with Gasteiger partial charge in [0.2, 0.25) is 15.9 Å². The maximum absolute atomic E-state index is 13.7. The molecule has 10 heteroatoms. The number of nitrogens with one attached hydrogen (secondary N) is 2. The molecule has 2 heterocycles. The number of benzene rings is 1. The van der Waals surface area contributed by atoms with Crippen molar-refractivity contribution in [3.63, 3.8) is 0 Å². The van der Waals surface area contributed by atoms with Crippen LogP contribution in [0.4, 0.5) is 10.1 Å². The Morgan fingerprint density at radius 1 is 1.31 bits per heavy atom. The quantitative estimate of drug-likeness (QED) is 0.522. The second-order valence-corrected chi connectivity index (χ2v) is 10.5. The first-order chi connectivity index (χ1) is 15.0. The molecule has 0 saturated heterocycles. The zero-order valence-electron chi connectivity index (χ0n) is 18.2. The molecule has 1 aliphatic heterocycles. The SMILES string of the molecule is CC1(C)CC(CCS(=O)(=O)NCC(=O)NCCc2ccc(N)cn2)c2cc(F)ccc2O1. The number of fused-ring (bicyclic) bond motifs is 1. The van der Waals surface area contributed by atoms with E-state index in [1.54, 1.807) is 18.2 Å². The summed E-state index contributed by atoms with van der Waals surface area (Å²) in [5.41, 5.74) is 7.11. The van der Waals surface area contributed by atoms with E-state index in [0.29, 0.717) is 42.8 Å². The lowest BCUT2D eigenvalue weighted by Gasteiger charge is -2.37. The molecule has 4 N–H and O–H groups in total. The molecule has 1 aromatic carbocycles. The third-order valence-corrected chi connectivity index (χ3v) is 6.63. The van der Waals surface area contributed by atoms with Crippen LogP contribution in [0.1, 0.15) is 43.9 Å². The lowest BCUT2D eigenvalue weighted by Crippen LogP contribution is -2.39.